The summed E-state index contributed by atoms with van der Waals surface area (Å²) in [5.74, 6) is 5.08. The van der Waals surface area contributed by atoms with Gasteiger partial charge in [-0.15, -0.1) is 0 Å². The fourth-order valence-electron chi connectivity index (χ4n) is 1.74. The molecule has 1 unspecified atom stereocenters. The fourth-order valence-corrected chi connectivity index (χ4v) is 1.74. The van der Waals surface area contributed by atoms with Crippen molar-refractivity contribution in [1.29, 1.82) is 0 Å². The Morgan fingerprint density at radius 3 is 2.81 bits per heavy atom. The van der Waals surface area contributed by atoms with Crippen molar-refractivity contribution in [1.82, 2.24) is 10.4 Å². The first-order valence-electron chi connectivity index (χ1n) is 5.22. The molecule has 0 saturated heterocycles. The molecule has 1 heterocycles. The molecule has 1 aromatic rings. The largest absolute Gasteiger partial charge is 0.374 e. The van der Waals surface area contributed by atoms with Crippen LogP contribution in [0.5, 0.6) is 0 Å². The Bertz CT molecular complexity index is 344. The van der Waals surface area contributed by atoms with E-state index in [0.717, 1.165) is 0 Å². The average molecular weight is 227 g/mol. The molecular weight excluding hydrogens is 209 g/mol. The SMILES string of the molecule is CCOC(C)(C)C(NN)c1ccncc1F. The van der Waals surface area contributed by atoms with Crippen LogP contribution in [-0.4, -0.2) is 17.2 Å². The van der Waals surface area contributed by atoms with Gasteiger partial charge in [-0.05, 0) is 26.8 Å². The molecular formula is C11H18FN3O. The first-order valence-corrected chi connectivity index (χ1v) is 5.22. The van der Waals surface area contributed by atoms with Gasteiger partial charge in [0.2, 0.25) is 0 Å². The van der Waals surface area contributed by atoms with E-state index in [1.165, 1.54) is 12.4 Å². The first kappa shape index (κ1) is 13.0. The molecule has 1 atom stereocenters. The van der Waals surface area contributed by atoms with E-state index in [4.69, 9.17) is 10.6 Å². The number of nitrogens with zero attached hydrogens (tertiary/aromatic N) is 1. The number of hydrogen-bond acceptors (Lipinski definition) is 4. The van der Waals surface area contributed by atoms with Gasteiger partial charge in [0.25, 0.3) is 0 Å². The zero-order chi connectivity index (χ0) is 12.2. The Balaban J connectivity index is 3.03. The molecule has 0 spiro atoms. The normalized spacial score (nSPS) is 13.8. The number of ether oxygens (including phenoxy) is 1. The molecule has 3 N–H and O–H groups in total. The number of hydrazine groups is 1. The van der Waals surface area contributed by atoms with Crippen LogP contribution in [0.2, 0.25) is 0 Å². The molecule has 0 aromatic carbocycles. The Morgan fingerprint density at radius 1 is 1.62 bits per heavy atom. The van der Waals surface area contributed by atoms with E-state index in [2.05, 4.69) is 10.4 Å². The van der Waals surface area contributed by atoms with E-state index in [-0.39, 0.29) is 0 Å². The lowest BCUT2D eigenvalue weighted by molar-refractivity contribution is -0.0400. The Hall–Kier alpha value is -1.04. The summed E-state index contributed by atoms with van der Waals surface area (Å²) in [5, 5.41) is 0. The number of aromatic nitrogens is 1. The van der Waals surface area contributed by atoms with Crippen LogP contribution in [0, 0.1) is 5.82 Å². The number of pyridine rings is 1. The zero-order valence-electron chi connectivity index (χ0n) is 9.83. The second-order valence-electron chi connectivity index (χ2n) is 4.03. The predicted octanol–water partition coefficient (Wildman–Crippen LogP) is 1.54. The predicted molar refractivity (Wildman–Crippen MR) is 60.0 cm³/mol. The Morgan fingerprint density at radius 2 is 2.31 bits per heavy atom. The highest BCUT2D eigenvalue weighted by molar-refractivity contribution is 5.20. The average Bonchev–Trinajstić information content (AvgIpc) is 2.21. The van der Waals surface area contributed by atoms with Crippen molar-refractivity contribution in [2.24, 2.45) is 5.84 Å². The summed E-state index contributed by atoms with van der Waals surface area (Å²) in [7, 11) is 0. The van der Waals surface area contributed by atoms with Crippen molar-refractivity contribution >= 4 is 0 Å². The third-order valence-corrected chi connectivity index (χ3v) is 2.49. The molecule has 0 aliphatic carbocycles. The summed E-state index contributed by atoms with van der Waals surface area (Å²) in [5.41, 5.74) is 2.45. The van der Waals surface area contributed by atoms with Gasteiger partial charge in [0.05, 0.1) is 17.8 Å². The van der Waals surface area contributed by atoms with E-state index < -0.39 is 17.5 Å². The molecule has 0 aliphatic heterocycles. The molecule has 1 aromatic heterocycles. The second-order valence-corrected chi connectivity index (χ2v) is 4.03. The molecule has 0 fully saturated rings. The summed E-state index contributed by atoms with van der Waals surface area (Å²) in [6.07, 6.45) is 2.70. The minimum atomic E-state index is -0.592. The van der Waals surface area contributed by atoms with Crippen molar-refractivity contribution in [3.05, 3.63) is 29.8 Å². The van der Waals surface area contributed by atoms with Crippen LogP contribution in [-0.2, 0) is 4.74 Å². The van der Waals surface area contributed by atoms with Gasteiger partial charge in [-0.1, -0.05) is 0 Å². The van der Waals surface area contributed by atoms with E-state index in [9.17, 15) is 4.39 Å². The topological polar surface area (TPSA) is 60.2 Å². The summed E-state index contributed by atoms with van der Waals surface area (Å²) < 4.78 is 19.1. The molecule has 0 amide bonds. The van der Waals surface area contributed by atoms with Crippen molar-refractivity contribution in [3.8, 4) is 0 Å². The summed E-state index contributed by atoms with van der Waals surface area (Å²) in [6, 6.07) is 1.18. The van der Waals surface area contributed by atoms with Gasteiger partial charge in [0.1, 0.15) is 5.82 Å². The molecule has 1 rings (SSSR count). The number of rotatable bonds is 5. The molecule has 0 aliphatic rings. The Kier molecular flexibility index (Phi) is 4.35. The monoisotopic (exact) mass is 227 g/mol. The van der Waals surface area contributed by atoms with Crippen LogP contribution in [0.4, 0.5) is 4.39 Å². The Labute approximate surface area is 95.0 Å². The van der Waals surface area contributed by atoms with Gasteiger partial charge in [0, 0.05) is 18.4 Å². The molecule has 0 bridgehead atoms. The minimum absolute atomic E-state index is 0.391. The van der Waals surface area contributed by atoms with E-state index in [0.29, 0.717) is 12.2 Å². The van der Waals surface area contributed by atoms with Gasteiger partial charge in [-0.25, -0.2) is 9.82 Å². The fraction of sp³-hybridized carbons (Fsp3) is 0.545. The van der Waals surface area contributed by atoms with Crippen molar-refractivity contribution < 1.29 is 9.13 Å². The van der Waals surface area contributed by atoms with Gasteiger partial charge >= 0.3 is 0 Å². The first-order chi connectivity index (χ1) is 7.53. The van der Waals surface area contributed by atoms with Crippen LogP contribution in [0.25, 0.3) is 0 Å². The number of hydrogen-bond donors (Lipinski definition) is 2. The second kappa shape index (κ2) is 5.34. The van der Waals surface area contributed by atoms with Crippen LogP contribution < -0.4 is 11.3 Å². The summed E-state index contributed by atoms with van der Waals surface area (Å²) >= 11 is 0. The third kappa shape index (κ3) is 2.75. The number of nitrogens with one attached hydrogen (secondary N) is 1. The van der Waals surface area contributed by atoms with Crippen LogP contribution in [0.1, 0.15) is 32.4 Å². The standard InChI is InChI=1S/C11H18FN3O/c1-4-16-11(2,3)10(15-13)8-5-6-14-7-9(8)12/h5-7,10,15H,4,13H2,1-3H3. The maximum absolute atomic E-state index is 13.6. The van der Waals surface area contributed by atoms with Crippen LogP contribution in [0.3, 0.4) is 0 Å². The molecule has 90 valence electrons. The lowest BCUT2D eigenvalue weighted by Gasteiger charge is -2.34. The van der Waals surface area contributed by atoms with E-state index in [1.807, 2.05) is 20.8 Å². The van der Waals surface area contributed by atoms with Crippen molar-refractivity contribution in [2.45, 2.75) is 32.4 Å². The number of halogens is 1. The minimum Gasteiger partial charge on any atom is -0.374 e. The van der Waals surface area contributed by atoms with E-state index in [1.54, 1.807) is 6.07 Å². The maximum Gasteiger partial charge on any atom is 0.146 e. The van der Waals surface area contributed by atoms with Crippen molar-refractivity contribution in [3.63, 3.8) is 0 Å². The highest BCUT2D eigenvalue weighted by atomic mass is 19.1. The van der Waals surface area contributed by atoms with Gasteiger partial charge < -0.3 is 4.74 Å². The smallest absolute Gasteiger partial charge is 0.146 e. The van der Waals surface area contributed by atoms with Gasteiger partial charge in [-0.2, -0.15) is 0 Å². The lowest BCUT2D eigenvalue weighted by atomic mass is 9.92. The lowest BCUT2D eigenvalue weighted by Crippen LogP contribution is -2.45. The van der Waals surface area contributed by atoms with E-state index >= 15 is 0 Å². The van der Waals surface area contributed by atoms with Gasteiger partial charge in [0.15, 0.2) is 0 Å². The quantitative estimate of drug-likeness (QED) is 0.591. The maximum atomic E-state index is 13.6. The molecule has 0 radical (unpaired) electrons. The van der Waals surface area contributed by atoms with Crippen molar-refractivity contribution in [2.75, 3.05) is 6.61 Å². The summed E-state index contributed by atoms with van der Waals surface area (Å²) in [4.78, 5) is 3.71. The van der Waals surface area contributed by atoms with Crippen LogP contribution >= 0.6 is 0 Å². The highest BCUT2D eigenvalue weighted by Gasteiger charge is 2.32. The molecule has 0 saturated carbocycles. The number of nitrogens with two attached hydrogens (primary N) is 1. The van der Waals surface area contributed by atoms with Gasteiger partial charge in [-0.3, -0.25) is 10.8 Å². The summed E-state index contributed by atoms with van der Waals surface area (Å²) in [6.45, 7) is 6.15. The molecule has 5 heteroatoms. The zero-order valence-corrected chi connectivity index (χ0v) is 9.83. The molecule has 16 heavy (non-hydrogen) atoms. The molecule has 4 nitrogen and oxygen atoms in total. The van der Waals surface area contributed by atoms with Crippen LogP contribution in [0.15, 0.2) is 18.5 Å². The third-order valence-electron chi connectivity index (χ3n) is 2.49. The highest BCUT2D eigenvalue weighted by Crippen LogP contribution is 2.29.